The molecule has 1 aliphatic rings. The lowest BCUT2D eigenvalue weighted by Crippen LogP contribution is -2.29. The summed E-state index contributed by atoms with van der Waals surface area (Å²) < 4.78 is 0. The van der Waals surface area contributed by atoms with Crippen LogP contribution in [-0.2, 0) is 4.79 Å². The number of aromatic nitrogens is 1. The molecule has 1 aromatic heterocycles. The highest BCUT2D eigenvalue weighted by molar-refractivity contribution is 5.72. The first kappa shape index (κ1) is 11.4. The molecule has 0 radical (unpaired) electrons. The van der Waals surface area contributed by atoms with Crippen LogP contribution in [0.25, 0.3) is 0 Å². The van der Waals surface area contributed by atoms with Gasteiger partial charge in [-0.25, -0.2) is 4.98 Å². The Kier molecular flexibility index (Phi) is 3.24. The van der Waals surface area contributed by atoms with Crippen LogP contribution in [0.3, 0.4) is 0 Å². The minimum Gasteiger partial charge on any atom is -0.481 e. The molecule has 1 saturated carbocycles. The molecule has 2 atom stereocenters. The number of nitrogens with one attached hydrogen (secondary N) is 1. The van der Waals surface area contributed by atoms with Gasteiger partial charge < -0.3 is 10.4 Å². The number of hydrogen-bond acceptors (Lipinski definition) is 4. The number of pyridine rings is 1. The second kappa shape index (κ2) is 4.83. The van der Waals surface area contributed by atoms with E-state index in [9.17, 15) is 4.79 Å². The van der Waals surface area contributed by atoms with Crippen molar-refractivity contribution in [1.29, 1.82) is 5.26 Å². The fourth-order valence-electron chi connectivity index (χ4n) is 2.22. The lowest BCUT2D eigenvalue weighted by Gasteiger charge is -2.18. The normalized spacial score (nSPS) is 23.0. The van der Waals surface area contributed by atoms with E-state index in [0.717, 1.165) is 18.5 Å². The standard InChI is InChI=1S/C12H13N3O2/c13-7-9-6-8(4-5-14-9)15-11-3-1-2-10(11)12(16)17/h4-6,10-11H,1-3H2,(H,14,15)(H,16,17). The third-order valence-electron chi connectivity index (χ3n) is 3.06. The second-order valence-electron chi connectivity index (χ2n) is 4.17. The first-order valence-electron chi connectivity index (χ1n) is 5.56. The van der Waals surface area contributed by atoms with E-state index in [0.29, 0.717) is 12.1 Å². The minimum atomic E-state index is -0.755. The number of aliphatic carboxylic acids is 1. The Morgan fingerprint density at radius 1 is 1.59 bits per heavy atom. The van der Waals surface area contributed by atoms with Crippen LogP contribution in [0.15, 0.2) is 18.3 Å². The third kappa shape index (κ3) is 2.53. The molecule has 2 unspecified atom stereocenters. The average Bonchev–Trinajstić information content (AvgIpc) is 2.77. The van der Waals surface area contributed by atoms with Crippen LogP contribution in [0, 0.1) is 17.2 Å². The Morgan fingerprint density at radius 2 is 2.41 bits per heavy atom. The fraction of sp³-hybridized carbons (Fsp3) is 0.417. The first-order valence-corrected chi connectivity index (χ1v) is 5.56. The van der Waals surface area contributed by atoms with Crippen LogP contribution in [0.2, 0.25) is 0 Å². The molecule has 2 N–H and O–H groups in total. The van der Waals surface area contributed by atoms with Crippen molar-refractivity contribution >= 4 is 11.7 Å². The summed E-state index contributed by atoms with van der Waals surface area (Å²) in [5, 5.41) is 21.0. The predicted octanol–water partition coefficient (Wildman–Crippen LogP) is 1.62. The molecule has 1 heterocycles. The number of nitriles is 1. The van der Waals surface area contributed by atoms with Gasteiger partial charge in [-0.3, -0.25) is 4.79 Å². The summed E-state index contributed by atoms with van der Waals surface area (Å²) >= 11 is 0. The maximum absolute atomic E-state index is 11.0. The van der Waals surface area contributed by atoms with Crippen molar-refractivity contribution in [1.82, 2.24) is 4.98 Å². The van der Waals surface area contributed by atoms with Crippen LogP contribution < -0.4 is 5.32 Å². The Hall–Kier alpha value is -2.09. The predicted molar refractivity (Wildman–Crippen MR) is 61.3 cm³/mol. The van der Waals surface area contributed by atoms with Crippen LogP contribution in [0.5, 0.6) is 0 Å². The van der Waals surface area contributed by atoms with Gasteiger partial charge in [-0.05, 0) is 25.0 Å². The molecule has 88 valence electrons. The van der Waals surface area contributed by atoms with Crippen LogP contribution in [0.4, 0.5) is 5.69 Å². The molecule has 1 fully saturated rings. The summed E-state index contributed by atoms with van der Waals surface area (Å²) in [7, 11) is 0. The van der Waals surface area contributed by atoms with E-state index in [-0.39, 0.29) is 12.0 Å². The van der Waals surface area contributed by atoms with Crippen LogP contribution >= 0.6 is 0 Å². The molecule has 1 aromatic rings. The van der Waals surface area contributed by atoms with Gasteiger partial charge in [-0.2, -0.15) is 5.26 Å². The molecule has 0 spiro atoms. The van der Waals surface area contributed by atoms with Crippen LogP contribution in [-0.4, -0.2) is 22.1 Å². The van der Waals surface area contributed by atoms with Crippen molar-refractivity contribution < 1.29 is 9.90 Å². The van der Waals surface area contributed by atoms with E-state index < -0.39 is 5.97 Å². The van der Waals surface area contributed by atoms with Crippen molar-refractivity contribution in [2.75, 3.05) is 5.32 Å². The Balaban J connectivity index is 2.10. The molecule has 0 aromatic carbocycles. The zero-order valence-electron chi connectivity index (χ0n) is 9.26. The van der Waals surface area contributed by atoms with Gasteiger partial charge in [0, 0.05) is 17.9 Å². The number of carbonyl (C=O) groups is 1. The van der Waals surface area contributed by atoms with Gasteiger partial charge in [0.25, 0.3) is 0 Å². The van der Waals surface area contributed by atoms with Crippen molar-refractivity contribution in [2.45, 2.75) is 25.3 Å². The SMILES string of the molecule is N#Cc1cc(NC2CCCC2C(=O)O)ccn1. The summed E-state index contributed by atoms with van der Waals surface area (Å²) in [4.78, 5) is 14.9. The van der Waals surface area contributed by atoms with E-state index in [1.165, 1.54) is 0 Å². The molecule has 5 heteroatoms. The van der Waals surface area contributed by atoms with Gasteiger partial charge in [0.05, 0.1) is 5.92 Å². The fourth-order valence-corrected chi connectivity index (χ4v) is 2.22. The molecular formula is C12H13N3O2. The van der Waals surface area contributed by atoms with E-state index in [1.54, 1.807) is 18.3 Å². The van der Waals surface area contributed by atoms with Crippen LogP contribution in [0.1, 0.15) is 25.0 Å². The minimum absolute atomic E-state index is 0.0542. The summed E-state index contributed by atoms with van der Waals surface area (Å²) in [5.41, 5.74) is 1.09. The van der Waals surface area contributed by atoms with E-state index in [2.05, 4.69) is 10.3 Å². The van der Waals surface area contributed by atoms with E-state index >= 15 is 0 Å². The first-order chi connectivity index (χ1) is 8.20. The largest absolute Gasteiger partial charge is 0.481 e. The van der Waals surface area contributed by atoms with Crippen molar-refractivity contribution in [3.05, 3.63) is 24.0 Å². The number of nitrogens with zero attached hydrogens (tertiary/aromatic N) is 2. The smallest absolute Gasteiger partial charge is 0.308 e. The van der Waals surface area contributed by atoms with Gasteiger partial charge in [-0.15, -0.1) is 0 Å². The molecule has 0 amide bonds. The molecule has 0 aliphatic heterocycles. The number of hydrogen-bond donors (Lipinski definition) is 2. The van der Waals surface area contributed by atoms with E-state index in [4.69, 9.17) is 10.4 Å². The van der Waals surface area contributed by atoms with Gasteiger partial charge in [0.15, 0.2) is 0 Å². The average molecular weight is 231 g/mol. The summed E-state index contributed by atoms with van der Waals surface area (Å²) in [6.45, 7) is 0. The lowest BCUT2D eigenvalue weighted by molar-refractivity contribution is -0.141. The topological polar surface area (TPSA) is 86.0 Å². The summed E-state index contributed by atoms with van der Waals surface area (Å²) in [6, 6.07) is 5.29. The Bertz CT molecular complexity index is 467. The van der Waals surface area contributed by atoms with Gasteiger partial charge in [0.1, 0.15) is 11.8 Å². The molecule has 0 bridgehead atoms. The Labute approximate surface area is 99.1 Å². The zero-order chi connectivity index (χ0) is 12.3. The van der Waals surface area contributed by atoms with Gasteiger partial charge in [-0.1, -0.05) is 6.42 Å². The Morgan fingerprint density at radius 3 is 3.12 bits per heavy atom. The van der Waals surface area contributed by atoms with Crippen molar-refractivity contribution in [3.8, 4) is 6.07 Å². The highest BCUT2D eigenvalue weighted by Crippen LogP contribution is 2.28. The lowest BCUT2D eigenvalue weighted by atomic mass is 10.0. The molecule has 1 aliphatic carbocycles. The van der Waals surface area contributed by atoms with E-state index in [1.807, 2.05) is 6.07 Å². The molecule has 5 nitrogen and oxygen atoms in total. The molecule has 17 heavy (non-hydrogen) atoms. The van der Waals surface area contributed by atoms with Crippen molar-refractivity contribution in [3.63, 3.8) is 0 Å². The summed E-state index contributed by atoms with van der Waals surface area (Å²) in [6.07, 6.45) is 4.03. The number of carboxylic acids is 1. The maximum Gasteiger partial charge on any atom is 0.308 e. The van der Waals surface area contributed by atoms with Gasteiger partial charge >= 0.3 is 5.97 Å². The highest BCUT2D eigenvalue weighted by Gasteiger charge is 2.32. The molecule has 2 rings (SSSR count). The summed E-state index contributed by atoms with van der Waals surface area (Å²) in [5.74, 6) is -1.09. The number of carboxylic acid groups (broad SMARTS) is 1. The molecular weight excluding hydrogens is 218 g/mol. The monoisotopic (exact) mass is 231 g/mol. The highest BCUT2D eigenvalue weighted by atomic mass is 16.4. The number of anilines is 1. The number of rotatable bonds is 3. The van der Waals surface area contributed by atoms with Crippen molar-refractivity contribution in [2.24, 2.45) is 5.92 Å². The molecule has 0 saturated heterocycles. The maximum atomic E-state index is 11.0. The third-order valence-corrected chi connectivity index (χ3v) is 3.06. The zero-order valence-corrected chi connectivity index (χ0v) is 9.26. The second-order valence-corrected chi connectivity index (χ2v) is 4.17. The van der Waals surface area contributed by atoms with Gasteiger partial charge in [0.2, 0.25) is 0 Å². The quantitative estimate of drug-likeness (QED) is 0.825.